The molecule has 29 heavy (non-hydrogen) atoms. The Hall–Kier alpha value is -3.75. The van der Waals surface area contributed by atoms with E-state index in [0.717, 1.165) is 22.2 Å². The second-order valence-corrected chi connectivity index (χ2v) is 6.84. The molecule has 0 spiro atoms. The highest BCUT2D eigenvalue weighted by Crippen LogP contribution is 2.14. The number of hydrogen-bond acceptors (Lipinski definition) is 4. The SMILES string of the molecule is Cn1c(=O)n(C)c2cc(CNC(=O)c3cn(Cc4cccc(F)c4)nn3)ccc21. The smallest absolute Gasteiger partial charge is 0.328 e. The molecule has 0 aliphatic heterocycles. The fourth-order valence-corrected chi connectivity index (χ4v) is 3.24. The molecule has 1 amide bonds. The van der Waals surface area contributed by atoms with Gasteiger partial charge < -0.3 is 5.32 Å². The van der Waals surface area contributed by atoms with Crippen molar-refractivity contribution in [1.82, 2.24) is 29.4 Å². The Morgan fingerprint density at radius 3 is 2.66 bits per heavy atom. The van der Waals surface area contributed by atoms with E-state index in [9.17, 15) is 14.0 Å². The van der Waals surface area contributed by atoms with Crippen LogP contribution in [0.2, 0.25) is 0 Å². The third kappa shape index (κ3) is 3.66. The predicted molar refractivity (Wildman–Crippen MR) is 105 cm³/mol. The summed E-state index contributed by atoms with van der Waals surface area (Å²) in [6.07, 6.45) is 1.52. The van der Waals surface area contributed by atoms with Crippen LogP contribution >= 0.6 is 0 Å². The summed E-state index contributed by atoms with van der Waals surface area (Å²) in [4.78, 5) is 24.4. The second-order valence-electron chi connectivity index (χ2n) is 6.84. The number of aromatic nitrogens is 5. The molecule has 148 valence electrons. The highest BCUT2D eigenvalue weighted by Gasteiger charge is 2.12. The first-order chi connectivity index (χ1) is 13.9. The quantitative estimate of drug-likeness (QED) is 0.557. The Balaban J connectivity index is 1.44. The van der Waals surface area contributed by atoms with Gasteiger partial charge in [0, 0.05) is 20.6 Å². The fraction of sp³-hybridized carbons (Fsp3) is 0.200. The van der Waals surface area contributed by atoms with Crippen molar-refractivity contribution in [1.29, 1.82) is 0 Å². The maximum atomic E-state index is 13.3. The van der Waals surface area contributed by atoms with Gasteiger partial charge in [-0.2, -0.15) is 0 Å². The van der Waals surface area contributed by atoms with Crippen molar-refractivity contribution in [2.45, 2.75) is 13.1 Å². The Morgan fingerprint density at radius 2 is 1.86 bits per heavy atom. The van der Waals surface area contributed by atoms with Gasteiger partial charge in [0.15, 0.2) is 5.69 Å². The van der Waals surface area contributed by atoms with Gasteiger partial charge in [0.05, 0.1) is 23.8 Å². The lowest BCUT2D eigenvalue weighted by Gasteiger charge is -2.04. The number of fused-ring (bicyclic) bond motifs is 1. The number of carbonyl (C=O) groups is 1. The minimum atomic E-state index is -0.363. The number of rotatable bonds is 5. The molecule has 2 aromatic heterocycles. The molecule has 0 unspecified atom stereocenters. The lowest BCUT2D eigenvalue weighted by atomic mass is 10.2. The highest BCUT2D eigenvalue weighted by molar-refractivity contribution is 5.91. The summed E-state index contributed by atoms with van der Waals surface area (Å²) in [5.74, 6) is -0.689. The summed E-state index contributed by atoms with van der Waals surface area (Å²) < 4.78 is 17.9. The molecule has 4 aromatic rings. The number of amides is 1. The summed E-state index contributed by atoms with van der Waals surface area (Å²) in [7, 11) is 3.43. The molecule has 0 aliphatic carbocycles. The number of hydrogen-bond donors (Lipinski definition) is 1. The van der Waals surface area contributed by atoms with Gasteiger partial charge in [-0.15, -0.1) is 5.10 Å². The van der Waals surface area contributed by atoms with Crippen LogP contribution in [0, 0.1) is 5.82 Å². The zero-order valence-corrected chi connectivity index (χ0v) is 16.0. The van der Waals surface area contributed by atoms with Crippen LogP contribution in [0.4, 0.5) is 4.39 Å². The maximum Gasteiger partial charge on any atom is 0.328 e. The molecule has 0 bridgehead atoms. The van der Waals surface area contributed by atoms with Crippen molar-refractivity contribution >= 4 is 16.9 Å². The van der Waals surface area contributed by atoms with Gasteiger partial charge in [0.25, 0.3) is 5.91 Å². The van der Waals surface area contributed by atoms with E-state index in [2.05, 4.69) is 15.6 Å². The van der Waals surface area contributed by atoms with Crippen LogP contribution < -0.4 is 11.0 Å². The zero-order chi connectivity index (χ0) is 20.5. The molecule has 8 nitrogen and oxygen atoms in total. The van der Waals surface area contributed by atoms with E-state index in [1.54, 1.807) is 35.4 Å². The molecule has 0 radical (unpaired) electrons. The van der Waals surface area contributed by atoms with Crippen molar-refractivity contribution < 1.29 is 9.18 Å². The number of imidazole rings is 1. The van der Waals surface area contributed by atoms with Crippen LogP contribution in [-0.4, -0.2) is 30.0 Å². The minimum Gasteiger partial charge on any atom is -0.347 e. The Kier molecular flexibility index (Phi) is 4.71. The molecular weight excluding hydrogens is 375 g/mol. The number of carbonyl (C=O) groups excluding carboxylic acids is 1. The normalized spacial score (nSPS) is 11.1. The van der Waals surface area contributed by atoms with E-state index < -0.39 is 0 Å². The number of aryl methyl sites for hydroxylation is 2. The average molecular weight is 394 g/mol. The van der Waals surface area contributed by atoms with Crippen molar-refractivity contribution in [3.05, 3.63) is 81.8 Å². The topological polar surface area (TPSA) is 86.7 Å². The van der Waals surface area contributed by atoms with E-state index in [1.165, 1.54) is 23.0 Å². The standard InChI is InChI=1S/C20H19FN6O2/c1-25-17-7-6-13(9-18(17)26(2)20(25)29)10-22-19(28)16-12-27(24-23-16)11-14-4-3-5-15(21)8-14/h3-9,12H,10-11H2,1-2H3,(H,22,28). The molecule has 0 fully saturated rings. The number of nitrogens with one attached hydrogen (secondary N) is 1. The first-order valence-corrected chi connectivity index (χ1v) is 8.99. The third-order valence-corrected chi connectivity index (χ3v) is 4.79. The minimum absolute atomic E-state index is 0.101. The Morgan fingerprint density at radius 1 is 1.07 bits per heavy atom. The van der Waals surface area contributed by atoms with E-state index in [-0.39, 0.29) is 29.7 Å². The number of benzene rings is 2. The second kappa shape index (κ2) is 7.34. The molecule has 0 aliphatic rings. The largest absolute Gasteiger partial charge is 0.347 e. The van der Waals surface area contributed by atoms with E-state index >= 15 is 0 Å². The maximum absolute atomic E-state index is 13.3. The Labute approximate surface area is 165 Å². The third-order valence-electron chi connectivity index (χ3n) is 4.79. The Bertz CT molecular complexity index is 1270. The first kappa shape index (κ1) is 18.6. The molecule has 2 heterocycles. The summed E-state index contributed by atoms with van der Waals surface area (Å²) in [6, 6.07) is 11.8. The number of nitrogens with zero attached hydrogens (tertiary/aromatic N) is 5. The van der Waals surface area contributed by atoms with Crippen LogP contribution in [0.3, 0.4) is 0 Å². The number of halogens is 1. The molecular formula is C20H19FN6O2. The summed E-state index contributed by atoms with van der Waals surface area (Å²) in [5, 5.41) is 10.6. The molecule has 2 aromatic carbocycles. The van der Waals surface area contributed by atoms with Crippen molar-refractivity contribution in [3.8, 4) is 0 Å². The highest BCUT2D eigenvalue weighted by atomic mass is 19.1. The van der Waals surface area contributed by atoms with Gasteiger partial charge in [-0.1, -0.05) is 23.4 Å². The predicted octanol–water partition coefficient (Wildman–Crippen LogP) is 1.59. The first-order valence-electron chi connectivity index (χ1n) is 8.99. The lowest BCUT2D eigenvalue weighted by Crippen LogP contribution is -2.23. The van der Waals surface area contributed by atoms with Gasteiger partial charge in [0.1, 0.15) is 5.82 Å². The molecule has 0 atom stereocenters. The molecule has 4 rings (SSSR count). The molecule has 9 heteroatoms. The van der Waals surface area contributed by atoms with Crippen molar-refractivity contribution in [2.24, 2.45) is 14.1 Å². The summed E-state index contributed by atoms with van der Waals surface area (Å²) in [6.45, 7) is 0.603. The van der Waals surface area contributed by atoms with Gasteiger partial charge >= 0.3 is 5.69 Å². The molecule has 0 saturated carbocycles. The van der Waals surface area contributed by atoms with Crippen LogP contribution in [0.5, 0.6) is 0 Å². The monoisotopic (exact) mass is 394 g/mol. The zero-order valence-electron chi connectivity index (χ0n) is 16.0. The molecule has 0 saturated heterocycles. The fourth-order valence-electron chi connectivity index (χ4n) is 3.24. The van der Waals surface area contributed by atoms with E-state index in [4.69, 9.17) is 0 Å². The van der Waals surface area contributed by atoms with Crippen molar-refractivity contribution in [3.63, 3.8) is 0 Å². The van der Waals surface area contributed by atoms with E-state index in [1.807, 2.05) is 18.2 Å². The van der Waals surface area contributed by atoms with Gasteiger partial charge in [-0.25, -0.2) is 13.9 Å². The van der Waals surface area contributed by atoms with Crippen LogP contribution in [-0.2, 0) is 27.2 Å². The van der Waals surface area contributed by atoms with Crippen LogP contribution in [0.25, 0.3) is 11.0 Å². The van der Waals surface area contributed by atoms with Crippen LogP contribution in [0.1, 0.15) is 21.6 Å². The average Bonchev–Trinajstić information content (AvgIpc) is 3.26. The van der Waals surface area contributed by atoms with Crippen molar-refractivity contribution in [2.75, 3.05) is 0 Å². The summed E-state index contributed by atoms with van der Waals surface area (Å²) in [5.41, 5.74) is 3.28. The van der Waals surface area contributed by atoms with E-state index in [0.29, 0.717) is 6.54 Å². The summed E-state index contributed by atoms with van der Waals surface area (Å²) >= 11 is 0. The lowest BCUT2D eigenvalue weighted by molar-refractivity contribution is 0.0946. The molecule has 1 N–H and O–H groups in total. The van der Waals surface area contributed by atoms with Crippen LogP contribution in [0.15, 0.2) is 53.5 Å². The van der Waals surface area contributed by atoms with Gasteiger partial charge in [-0.05, 0) is 35.4 Å². The van der Waals surface area contributed by atoms with Gasteiger partial charge in [0.2, 0.25) is 0 Å². The van der Waals surface area contributed by atoms with Gasteiger partial charge in [-0.3, -0.25) is 13.9 Å².